The van der Waals surface area contributed by atoms with Crippen LogP contribution in [0.2, 0.25) is 0 Å². The third-order valence-electron chi connectivity index (χ3n) is 0.923. The summed E-state index contributed by atoms with van der Waals surface area (Å²) in [7, 11) is 0. The summed E-state index contributed by atoms with van der Waals surface area (Å²) in [6, 6.07) is 0. The molecule has 7 heavy (non-hydrogen) atoms. The maximum Gasteiger partial charge on any atom is 0.171 e. The molecule has 0 aromatic rings. The van der Waals surface area contributed by atoms with Gasteiger partial charge < -0.3 is 10.2 Å². The summed E-state index contributed by atoms with van der Waals surface area (Å²) in [6.07, 6.45) is 2.35. The van der Waals surface area contributed by atoms with Crippen molar-refractivity contribution in [3.05, 3.63) is 11.6 Å². The summed E-state index contributed by atoms with van der Waals surface area (Å²) < 4.78 is 0. The molecule has 40 valence electrons. The largest absolute Gasteiger partial charge is 0.365 e. The van der Waals surface area contributed by atoms with Crippen LogP contribution in [0.25, 0.3) is 0 Å². The van der Waals surface area contributed by atoms with Gasteiger partial charge in [0, 0.05) is 0 Å². The van der Waals surface area contributed by atoms with Crippen molar-refractivity contribution in [1.29, 1.82) is 0 Å². The number of rotatable bonds is 1. The quantitative estimate of drug-likeness (QED) is 0.360. The highest BCUT2D eigenvalue weighted by Crippen LogP contribution is 2.27. The molecule has 2 nitrogen and oxygen atoms in total. The summed E-state index contributed by atoms with van der Waals surface area (Å²) in [5.41, 5.74) is 1.16. The van der Waals surface area contributed by atoms with Crippen LogP contribution < -0.4 is 0 Å². The first kappa shape index (κ1) is 4.81. The third-order valence-corrected chi connectivity index (χ3v) is 0.923. The van der Waals surface area contributed by atoms with Gasteiger partial charge in [-0.05, 0) is 18.9 Å². The van der Waals surface area contributed by atoms with E-state index in [0.717, 1.165) is 18.4 Å². The van der Waals surface area contributed by atoms with E-state index in [2.05, 4.69) is 0 Å². The molecule has 0 aromatic heterocycles. The summed E-state index contributed by atoms with van der Waals surface area (Å²) in [6.45, 7) is 0. The standard InChI is InChI=1S/C5H8O2/c6-5(7)3-4-1-2-4/h3,5-7H,1-2H2. The van der Waals surface area contributed by atoms with Crippen LogP contribution in [0.4, 0.5) is 0 Å². The lowest BCUT2D eigenvalue weighted by molar-refractivity contribution is 0.00209. The minimum atomic E-state index is -1.22. The van der Waals surface area contributed by atoms with Gasteiger partial charge in [0.15, 0.2) is 6.29 Å². The molecule has 1 saturated carbocycles. The first-order valence-corrected chi connectivity index (χ1v) is 2.35. The Morgan fingerprint density at radius 1 is 1.43 bits per heavy atom. The Balaban J connectivity index is 2.30. The lowest BCUT2D eigenvalue weighted by atomic mass is 10.5. The smallest absolute Gasteiger partial charge is 0.171 e. The zero-order valence-corrected chi connectivity index (χ0v) is 3.96. The molecule has 0 amide bonds. The molecule has 1 aliphatic rings. The van der Waals surface area contributed by atoms with Crippen LogP contribution in [0, 0.1) is 0 Å². The van der Waals surface area contributed by atoms with Crippen LogP contribution in [0.3, 0.4) is 0 Å². The maximum absolute atomic E-state index is 8.24. The Bertz CT molecular complexity index is 88.3. The molecule has 0 atom stereocenters. The van der Waals surface area contributed by atoms with Gasteiger partial charge in [-0.1, -0.05) is 5.57 Å². The fourth-order valence-corrected chi connectivity index (χ4v) is 0.450. The second kappa shape index (κ2) is 1.64. The summed E-state index contributed by atoms with van der Waals surface area (Å²) in [4.78, 5) is 0. The Morgan fingerprint density at radius 2 is 2.00 bits per heavy atom. The van der Waals surface area contributed by atoms with Crippen LogP contribution in [0.1, 0.15) is 12.8 Å². The average Bonchev–Trinajstić information content (AvgIpc) is 2.17. The lowest BCUT2D eigenvalue weighted by Crippen LogP contribution is -1.96. The van der Waals surface area contributed by atoms with E-state index in [4.69, 9.17) is 10.2 Å². The lowest BCUT2D eigenvalue weighted by Gasteiger charge is -1.87. The van der Waals surface area contributed by atoms with E-state index in [1.54, 1.807) is 0 Å². The fourth-order valence-electron chi connectivity index (χ4n) is 0.450. The Hall–Kier alpha value is -0.340. The number of aliphatic hydroxyl groups excluding tert-OH is 1. The second-order valence-electron chi connectivity index (χ2n) is 1.74. The van der Waals surface area contributed by atoms with E-state index in [1.165, 1.54) is 6.08 Å². The number of aliphatic hydroxyl groups is 2. The van der Waals surface area contributed by atoms with Gasteiger partial charge >= 0.3 is 0 Å². The van der Waals surface area contributed by atoms with Gasteiger partial charge in [-0.15, -0.1) is 0 Å². The van der Waals surface area contributed by atoms with Gasteiger partial charge in [0.05, 0.1) is 0 Å². The highest BCUT2D eigenvalue weighted by Gasteiger charge is 2.11. The summed E-state index contributed by atoms with van der Waals surface area (Å²) in [5.74, 6) is 0. The Morgan fingerprint density at radius 3 is 2.14 bits per heavy atom. The number of allylic oxidation sites excluding steroid dienone is 1. The van der Waals surface area contributed by atoms with Crippen molar-refractivity contribution >= 4 is 0 Å². The van der Waals surface area contributed by atoms with E-state index in [-0.39, 0.29) is 0 Å². The molecule has 1 aliphatic carbocycles. The molecular weight excluding hydrogens is 92.1 g/mol. The Labute approximate surface area is 42.1 Å². The zero-order chi connectivity index (χ0) is 5.28. The zero-order valence-electron chi connectivity index (χ0n) is 3.96. The van der Waals surface area contributed by atoms with Crippen molar-refractivity contribution in [2.45, 2.75) is 19.1 Å². The van der Waals surface area contributed by atoms with E-state index < -0.39 is 6.29 Å². The molecule has 0 heterocycles. The molecule has 0 bridgehead atoms. The average molecular weight is 100 g/mol. The molecule has 0 saturated heterocycles. The molecule has 1 fully saturated rings. The monoisotopic (exact) mass is 100 g/mol. The molecule has 2 N–H and O–H groups in total. The van der Waals surface area contributed by atoms with Gasteiger partial charge in [-0.3, -0.25) is 0 Å². The van der Waals surface area contributed by atoms with Crippen molar-refractivity contribution in [2.75, 3.05) is 0 Å². The molecule has 0 unspecified atom stereocenters. The SMILES string of the molecule is OC(O)C=C1CC1. The third kappa shape index (κ3) is 1.71. The molecule has 0 aromatic carbocycles. The van der Waals surface area contributed by atoms with E-state index in [1.807, 2.05) is 0 Å². The second-order valence-corrected chi connectivity index (χ2v) is 1.74. The van der Waals surface area contributed by atoms with Crippen molar-refractivity contribution in [3.8, 4) is 0 Å². The molecule has 0 radical (unpaired) electrons. The van der Waals surface area contributed by atoms with Crippen LogP contribution >= 0.6 is 0 Å². The first-order chi connectivity index (χ1) is 3.29. The van der Waals surface area contributed by atoms with Crippen LogP contribution in [-0.2, 0) is 0 Å². The van der Waals surface area contributed by atoms with E-state index >= 15 is 0 Å². The summed E-state index contributed by atoms with van der Waals surface area (Å²) in [5, 5.41) is 16.5. The first-order valence-electron chi connectivity index (χ1n) is 2.35. The van der Waals surface area contributed by atoms with Gasteiger partial charge in [-0.2, -0.15) is 0 Å². The molecule has 0 spiro atoms. The van der Waals surface area contributed by atoms with Gasteiger partial charge in [0.2, 0.25) is 0 Å². The summed E-state index contributed by atoms with van der Waals surface area (Å²) >= 11 is 0. The van der Waals surface area contributed by atoms with E-state index in [0.29, 0.717) is 0 Å². The molecule has 1 rings (SSSR count). The van der Waals surface area contributed by atoms with Crippen molar-refractivity contribution in [2.24, 2.45) is 0 Å². The van der Waals surface area contributed by atoms with Gasteiger partial charge in [0.1, 0.15) is 0 Å². The van der Waals surface area contributed by atoms with Crippen LogP contribution in [0.15, 0.2) is 11.6 Å². The highest BCUT2D eigenvalue weighted by atomic mass is 16.5. The van der Waals surface area contributed by atoms with Crippen molar-refractivity contribution in [1.82, 2.24) is 0 Å². The van der Waals surface area contributed by atoms with E-state index in [9.17, 15) is 0 Å². The fraction of sp³-hybridized carbons (Fsp3) is 0.600. The van der Waals surface area contributed by atoms with Crippen LogP contribution in [0.5, 0.6) is 0 Å². The maximum atomic E-state index is 8.24. The molecular formula is C5H8O2. The minimum Gasteiger partial charge on any atom is -0.365 e. The van der Waals surface area contributed by atoms with Crippen molar-refractivity contribution < 1.29 is 10.2 Å². The highest BCUT2D eigenvalue weighted by molar-refractivity contribution is 5.16. The van der Waals surface area contributed by atoms with Gasteiger partial charge in [0.25, 0.3) is 0 Å². The Kier molecular flexibility index (Phi) is 1.13. The predicted molar refractivity (Wildman–Crippen MR) is 25.5 cm³/mol. The van der Waals surface area contributed by atoms with Crippen LogP contribution in [-0.4, -0.2) is 16.5 Å². The molecule has 2 heteroatoms. The predicted octanol–water partition coefficient (Wildman–Crippen LogP) is 0.0173. The molecule has 0 aliphatic heterocycles. The number of hydrogen-bond donors (Lipinski definition) is 2. The number of hydrogen-bond acceptors (Lipinski definition) is 2. The van der Waals surface area contributed by atoms with Crippen molar-refractivity contribution in [3.63, 3.8) is 0 Å². The normalized spacial score (nSPS) is 17.9. The van der Waals surface area contributed by atoms with Gasteiger partial charge in [-0.25, -0.2) is 0 Å². The topological polar surface area (TPSA) is 40.5 Å². The minimum absolute atomic E-state index is 1.05.